The number of pyridine rings is 1. The van der Waals surface area contributed by atoms with Crippen LogP contribution in [0.1, 0.15) is 12.0 Å². The van der Waals surface area contributed by atoms with Crippen LogP contribution in [0.25, 0.3) is 0 Å². The fraction of sp³-hybridized carbons (Fsp3) is 0.368. The zero-order valence-electron chi connectivity index (χ0n) is 15.2. The Balaban J connectivity index is 1.52. The van der Waals surface area contributed by atoms with Gasteiger partial charge in [-0.3, -0.25) is 14.9 Å². The number of nitro groups is 1. The molecule has 0 atom stereocenters. The number of benzene rings is 1. The lowest BCUT2D eigenvalue weighted by Gasteiger charge is -2.35. The van der Waals surface area contributed by atoms with Gasteiger partial charge in [-0.1, -0.05) is 12.1 Å². The summed E-state index contributed by atoms with van der Waals surface area (Å²) in [4.78, 5) is 31.0. The highest BCUT2D eigenvalue weighted by Gasteiger charge is 2.26. The van der Waals surface area contributed by atoms with E-state index in [0.717, 1.165) is 11.3 Å². The highest BCUT2D eigenvalue weighted by molar-refractivity contribution is 5.77. The van der Waals surface area contributed by atoms with Crippen LogP contribution in [0, 0.1) is 10.1 Å². The average Bonchev–Trinajstić information content (AvgIpc) is 2.72. The lowest BCUT2D eigenvalue weighted by Crippen LogP contribution is -2.49. The van der Waals surface area contributed by atoms with E-state index in [1.807, 2.05) is 34.1 Å². The van der Waals surface area contributed by atoms with Crippen molar-refractivity contribution in [2.75, 3.05) is 38.2 Å². The first-order valence-corrected chi connectivity index (χ1v) is 8.83. The largest absolute Gasteiger partial charge is 0.497 e. The molecule has 0 unspecified atom stereocenters. The minimum absolute atomic E-state index is 0.00298. The van der Waals surface area contributed by atoms with Gasteiger partial charge in [0.05, 0.1) is 12.0 Å². The Morgan fingerprint density at radius 3 is 2.52 bits per heavy atom. The minimum Gasteiger partial charge on any atom is -0.497 e. The van der Waals surface area contributed by atoms with Crippen molar-refractivity contribution in [3.8, 4) is 5.75 Å². The Bertz CT molecular complexity index is 802. The molecular weight excluding hydrogens is 348 g/mol. The summed E-state index contributed by atoms with van der Waals surface area (Å²) >= 11 is 0. The van der Waals surface area contributed by atoms with Crippen molar-refractivity contribution >= 4 is 17.4 Å². The Kier molecular flexibility index (Phi) is 5.85. The number of amides is 1. The lowest BCUT2D eigenvalue weighted by molar-refractivity contribution is -0.384. The molecule has 0 bridgehead atoms. The van der Waals surface area contributed by atoms with E-state index in [9.17, 15) is 14.9 Å². The van der Waals surface area contributed by atoms with Gasteiger partial charge in [0.2, 0.25) is 11.7 Å². The Labute approximate surface area is 157 Å². The van der Waals surface area contributed by atoms with Crippen molar-refractivity contribution in [2.24, 2.45) is 0 Å². The second-order valence-corrected chi connectivity index (χ2v) is 6.32. The average molecular weight is 370 g/mol. The predicted molar refractivity (Wildman–Crippen MR) is 101 cm³/mol. The maximum atomic E-state index is 12.5. The normalized spacial score (nSPS) is 14.1. The molecule has 1 saturated heterocycles. The third-order valence-electron chi connectivity index (χ3n) is 4.68. The summed E-state index contributed by atoms with van der Waals surface area (Å²) in [6, 6.07) is 10.7. The summed E-state index contributed by atoms with van der Waals surface area (Å²) in [6.45, 7) is 2.14. The van der Waals surface area contributed by atoms with E-state index in [1.54, 1.807) is 19.4 Å². The van der Waals surface area contributed by atoms with Crippen LogP contribution in [0.2, 0.25) is 0 Å². The molecule has 0 saturated carbocycles. The number of piperazine rings is 1. The van der Waals surface area contributed by atoms with Gasteiger partial charge in [0, 0.05) is 44.9 Å². The number of carbonyl (C=O) groups excluding carboxylic acids is 1. The first-order valence-electron chi connectivity index (χ1n) is 8.83. The molecule has 142 valence electrons. The van der Waals surface area contributed by atoms with Crippen molar-refractivity contribution in [2.45, 2.75) is 12.8 Å². The fourth-order valence-electron chi connectivity index (χ4n) is 3.14. The van der Waals surface area contributed by atoms with Crippen LogP contribution < -0.4 is 9.64 Å². The molecule has 0 spiro atoms. The zero-order chi connectivity index (χ0) is 19.2. The predicted octanol–water partition coefficient (Wildman–Crippen LogP) is 2.28. The van der Waals surface area contributed by atoms with Gasteiger partial charge in [-0.25, -0.2) is 4.98 Å². The van der Waals surface area contributed by atoms with Gasteiger partial charge >= 0.3 is 5.69 Å². The quantitative estimate of drug-likeness (QED) is 0.572. The second kappa shape index (κ2) is 8.48. The zero-order valence-corrected chi connectivity index (χ0v) is 15.2. The summed E-state index contributed by atoms with van der Waals surface area (Å²) < 4.78 is 5.13. The summed E-state index contributed by atoms with van der Waals surface area (Å²) in [5.41, 5.74) is 1.09. The lowest BCUT2D eigenvalue weighted by atomic mass is 10.1. The van der Waals surface area contributed by atoms with Gasteiger partial charge in [-0.2, -0.15) is 0 Å². The fourth-order valence-corrected chi connectivity index (χ4v) is 3.14. The van der Waals surface area contributed by atoms with Crippen LogP contribution in [-0.4, -0.2) is 54.0 Å². The van der Waals surface area contributed by atoms with Crippen LogP contribution in [0.4, 0.5) is 11.5 Å². The van der Waals surface area contributed by atoms with Crippen LogP contribution in [0.5, 0.6) is 5.75 Å². The molecule has 0 aliphatic carbocycles. The molecule has 8 heteroatoms. The monoisotopic (exact) mass is 370 g/mol. The van der Waals surface area contributed by atoms with E-state index < -0.39 is 4.92 Å². The second-order valence-electron chi connectivity index (χ2n) is 6.32. The van der Waals surface area contributed by atoms with Gasteiger partial charge < -0.3 is 14.5 Å². The highest BCUT2D eigenvalue weighted by Crippen LogP contribution is 2.25. The van der Waals surface area contributed by atoms with Gasteiger partial charge in [-0.15, -0.1) is 0 Å². The number of hydrogen-bond donors (Lipinski definition) is 0. The van der Waals surface area contributed by atoms with Crippen LogP contribution in [0.3, 0.4) is 0 Å². The summed E-state index contributed by atoms with van der Waals surface area (Å²) in [7, 11) is 1.62. The summed E-state index contributed by atoms with van der Waals surface area (Å²) in [5, 5.41) is 11.2. The summed E-state index contributed by atoms with van der Waals surface area (Å²) in [5.74, 6) is 1.26. The third-order valence-corrected chi connectivity index (χ3v) is 4.68. The number of hydrogen-bond acceptors (Lipinski definition) is 6. The first-order chi connectivity index (χ1) is 13.1. The van der Waals surface area contributed by atoms with Gasteiger partial charge in [-0.05, 0) is 30.2 Å². The van der Waals surface area contributed by atoms with Gasteiger partial charge in [0.1, 0.15) is 5.75 Å². The number of aromatic nitrogens is 1. The summed E-state index contributed by atoms with van der Waals surface area (Å²) in [6.07, 6.45) is 2.67. The van der Waals surface area contributed by atoms with E-state index in [1.165, 1.54) is 6.07 Å². The van der Waals surface area contributed by atoms with E-state index in [0.29, 0.717) is 44.8 Å². The Morgan fingerprint density at radius 2 is 1.89 bits per heavy atom. The van der Waals surface area contributed by atoms with Crippen LogP contribution in [-0.2, 0) is 11.2 Å². The van der Waals surface area contributed by atoms with Crippen molar-refractivity contribution in [1.29, 1.82) is 0 Å². The Morgan fingerprint density at radius 1 is 1.19 bits per heavy atom. The standard InChI is InChI=1S/C19H22N4O4/c1-27-16-7-4-15(5-8-16)6-9-18(24)21-11-13-22(14-12-21)19-17(23(25)26)3-2-10-20-19/h2-5,7-8,10H,6,9,11-14H2,1H3. The first kappa shape index (κ1) is 18.6. The number of anilines is 1. The van der Waals surface area contributed by atoms with Gasteiger partial charge in [0.15, 0.2) is 0 Å². The van der Waals surface area contributed by atoms with E-state index in [4.69, 9.17) is 4.74 Å². The Hall–Kier alpha value is -3.16. The third kappa shape index (κ3) is 4.52. The minimum atomic E-state index is -0.422. The van der Waals surface area contributed by atoms with Crippen molar-refractivity contribution in [3.05, 3.63) is 58.3 Å². The number of nitrogens with zero attached hydrogens (tertiary/aromatic N) is 4. The van der Waals surface area contributed by atoms with Crippen LogP contribution in [0.15, 0.2) is 42.6 Å². The van der Waals surface area contributed by atoms with Crippen molar-refractivity contribution in [1.82, 2.24) is 9.88 Å². The van der Waals surface area contributed by atoms with Crippen LogP contribution >= 0.6 is 0 Å². The maximum Gasteiger partial charge on any atom is 0.311 e. The number of ether oxygens (including phenoxy) is 1. The molecule has 2 heterocycles. The number of methoxy groups -OCH3 is 1. The molecule has 27 heavy (non-hydrogen) atoms. The molecule has 0 radical (unpaired) electrons. The molecule has 1 fully saturated rings. The molecule has 3 rings (SSSR count). The van der Waals surface area contributed by atoms with E-state index in [-0.39, 0.29) is 11.6 Å². The van der Waals surface area contributed by atoms with Crippen molar-refractivity contribution < 1.29 is 14.5 Å². The number of carbonyl (C=O) groups is 1. The SMILES string of the molecule is COc1ccc(CCC(=O)N2CCN(c3ncccc3[N+](=O)[O-])CC2)cc1. The maximum absolute atomic E-state index is 12.5. The number of aryl methyl sites for hydroxylation is 1. The molecule has 8 nitrogen and oxygen atoms in total. The molecule has 1 aromatic carbocycles. The molecular formula is C19H22N4O4. The smallest absolute Gasteiger partial charge is 0.311 e. The molecule has 1 amide bonds. The van der Waals surface area contributed by atoms with Gasteiger partial charge in [0.25, 0.3) is 0 Å². The highest BCUT2D eigenvalue weighted by atomic mass is 16.6. The van der Waals surface area contributed by atoms with E-state index >= 15 is 0 Å². The van der Waals surface area contributed by atoms with E-state index in [2.05, 4.69) is 4.98 Å². The van der Waals surface area contributed by atoms with Crippen molar-refractivity contribution in [3.63, 3.8) is 0 Å². The topological polar surface area (TPSA) is 88.8 Å². The number of rotatable bonds is 6. The molecule has 1 aliphatic heterocycles. The molecule has 1 aliphatic rings. The molecule has 1 aromatic heterocycles. The molecule has 2 aromatic rings. The molecule has 0 N–H and O–H groups in total.